The van der Waals surface area contributed by atoms with Gasteiger partial charge in [0.2, 0.25) is 0 Å². The van der Waals surface area contributed by atoms with Gasteiger partial charge in [-0.05, 0) is 23.6 Å². The number of allylic oxidation sites excluding steroid dienone is 1. The van der Waals surface area contributed by atoms with E-state index in [4.69, 9.17) is 5.73 Å². The molecule has 0 saturated heterocycles. The molecule has 0 aliphatic carbocycles. The lowest BCUT2D eigenvalue weighted by atomic mass is 10.1. The van der Waals surface area contributed by atoms with Gasteiger partial charge in [0.05, 0.1) is 0 Å². The van der Waals surface area contributed by atoms with Crippen LogP contribution in [0.2, 0.25) is 0 Å². The number of rotatable bonds is 3. The van der Waals surface area contributed by atoms with Gasteiger partial charge in [-0.2, -0.15) is 0 Å². The van der Waals surface area contributed by atoms with Gasteiger partial charge < -0.3 is 5.73 Å². The smallest absolute Gasteiger partial charge is 0.0314 e. The van der Waals surface area contributed by atoms with Crippen LogP contribution < -0.4 is 5.73 Å². The Morgan fingerprint density at radius 2 is 2.31 bits per heavy atom. The molecule has 0 amide bonds. The third kappa shape index (κ3) is 2.79. The first-order valence-corrected chi connectivity index (χ1v) is 4.45. The molecular formula is C12H15N. The molecule has 0 unspecified atom stereocenters. The van der Waals surface area contributed by atoms with Crippen molar-refractivity contribution in [3.05, 3.63) is 48.0 Å². The molecule has 0 saturated carbocycles. The lowest BCUT2D eigenvalue weighted by Gasteiger charge is -2.00. The molecule has 0 spiro atoms. The lowest BCUT2D eigenvalue weighted by molar-refractivity contribution is 1.23. The number of benzene rings is 1. The monoisotopic (exact) mass is 173 g/mol. The molecule has 2 N–H and O–H groups in total. The Balaban J connectivity index is 2.92. The van der Waals surface area contributed by atoms with Crippen molar-refractivity contribution in [1.82, 2.24) is 0 Å². The summed E-state index contributed by atoms with van der Waals surface area (Å²) in [4.78, 5) is 0. The topological polar surface area (TPSA) is 26.0 Å². The zero-order valence-electron chi connectivity index (χ0n) is 7.96. The summed E-state index contributed by atoms with van der Waals surface area (Å²) in [6.07, 6.45) is 5.26. The van der Waals surface area contributed by atoms with Crippen LogP contribution in [0.5, 0.6) is 0 Å². The quantitative estimate of drug-likeness (QED) is 0.747. The Labute approximate surface area is 79.6 Å². The minimum Gasteiger partial charge on any atom is -0.399 e. The highest BCUT2D eigenvalue weighted by atomic mass is 14.6. The second kappa shape index (κ2) is 4.51. The van der Waals surface area contributed by atoms with Crippen LogP contribution in [0.1, 0.15) is 24.5 Å². The Kier molecular flexibility index (Phi) is 3.32. The summed E-state index contributed by atoms with van der Waals surface area (Å²) in [6.45, 7) is 5.81. The highest BCUT2D eigenvalue weighted by Gasteiger charge is 1.93. The minimum absolute atomic E-state index is 0.617. The van der Waals surface area contributed by atoms with Gasteiger partial charge in [-0.25, -0.2) is 0 Å². The molecule has 0 atom stereocenters. The van der Waals surface area contributed by atoms with Gasteiger partial charge >= 0.3 is 0 Å². The summed E-state index contributed by atoms with van der Waals surface area (Å²) < 4.78 is 0. The van der Waals surface area contributed by atoms with E-state index in [9.17, 15) is 0 Å². The molecule has 1 nitrogen and oxygen atoms in total. The fourth-order valence-corrected chi connectivity index (χ4v) is 1.10. The molecule has 0 bridgehead atoms. The summed E-state index contributed by atoms with van der Waals surface area (Å²) in [5.74, 6) is 0. The van der Waals surface area contributed by atoms with Crippen LogP contribution in [0.3, 0.4) is 0 Å². The van der Waals surface area contributed by atoms with Gasteiger partial charge in [-0.3, -0.25) is 0 Å². The Bertz CT molecular complexity index is 324. The van der Waals surface area contributed by atoms with Crippen LogP contribution >= 0.6 is 0 Å². The van der Waals surface area contributed by atoms with Crippen LogP contribution in [0.4, 0.5) is 0 Å². The van der Waals surface area contributed by atoms with E-state index in [1.165, 1.54) is 5.56 Å². The van der Waals surface area contributed by atoms with E-state index in [0.717, 1.165) is 12.0 Å². The third-order valence-corrected chi connectivity index (χ3v) is 1.80. The number of hydrogen-bond acceptors (Lipinski definition) is 1. The molecule has 1 heteroatoms. The van der Waals surface area contributed by atoms with E-state index in [2.05, 4.69) is 31.7 Å². The Morgan fingerprint density at radius 3 is 2.92 bits per heavy atom. The van der Waals surface area contributed by atoms with Crippen molar-refractivity contribution in [1.29, 1.82) is 0 Å². The summed E-state index contributed by atoms with van der Waals surface area (Å²) >= 11 is 0. The SMILES string of the molecule is C=C(N)c1cccc(/C=C/CC)c1. The van der Waals surface area contributed by atoms with Crippen molar-refractivity contribution >= 4 is 11.8 Å². The third-order valence-electron chi connectivity index (χ3n) is 1.80. The standard InChI is InChI=1S/C12H15N/c1-3-4-6-11-7-5-8-12(9-11)10(2)13/h4-9H,2-3,13H2,1H3/b6-4+. The van der Waals surface area contributed by atoms with Crippen molar-refractivity contribution in [2.24, 2.45) is 5.73 Å². The zero-order chi connectivity index (χ0) is 9.68. The average Bonchev–Trinajstić information content (AvgIpc) is 2.15. The van der Waals surface area contributed by atoms with Crippen LogP contribution in [0, 0.1) is 0 Å². The van der Waals surface area contributed by atoms with Gasteiger partial charge in [0.15, 0.2) is 0 Å². The van der Waals surface area contributed by atoms with Crippen molar-refractivity contribution in [2.45, 2.75) is 13.3 Å². The van der Waals surface area contributed by atoms with Gasteiger partial charge in [0.25, 0.3) is 0 Å². The molecule has 1 aromatic rings. The first kappa shape index (κ1) is 9.59. The summed E-state index contributed by atoms with van der Waals surface area (Å²) in [5.41, 5.74) is 8.38. The van der Waals surface area contributed by atoms with Crippen molar-refractivity contribution in [3.63, 3.8) is 0 Å². The van der Waals surface area contributed by atoms with Crippen molar-refractivity contribution < 1.29 is 0 Å². The first-order valence-electron chi connectivity index (χ1n) is 4.45. The molecule has 0 aliphatic heterocycles. The maximum atomic E-state index is 5.59. The molecule has 1 aromatic carbocycles. The van der Waals surface area contributed by atoms with E-state index in [1.807, 2.05) is 18.2 Å². The van der Waals surface area contributed by atoms with Gasteiger partial charge in [-0.15, -0.1) is 0 Å². The van der Waals surface area contributed by atoms with Crippen LogP contribution in [-0.4, -0.2) is 0 Å². The largest absolute Gasteiger partial charge is 0.399 e. The van der Waals surface area contributed by atoms with Crippen LogP contribution in [0.15, 0.2) is 36.9 Å². The molecule has 0 aliphatic rings. The second-order valence-corrected chi connectivity index (χ2v) is 2.96. The average molecular weight is 173 g/mol. The number of nitrogens with two attached hydrogens (primary N) is 1. The van der Waals surface area contributed by atoms with E-state index >= 15 is 0 Å². The molecule has 68 valence electrons. The molecule has 0 radical (unpaired) electrons. The maximum Gasteiger partial charge on any atom is 0.0314 e. The zero-order valence-corrected chi connectivity index (χ0v) is 7.96. The molecule has 0 aromatic heterocycles. The fraction of sp³-hybridized carbons (Fsp3) is 0.167. The van der Waals surface area contributed by atoms with Crippen molar-refractivity contribution in [2.75, 3.05) is 0 Å². The Morgan fingerprint density at radius 1 is 1.54 bits per heavy atom. The second-order valence-electron chi connectivity index (χ2n) is 2.96. The highest BCUT2D eigenvalue weighted by Crippen LogP contribution is 2.11. The normalized spacial score (nSPS) is 10.5. The molecule has 13 heavy (non-hydrogen) atoms. The first-order chi connectivity index (χ1) is 6.24. The van der Waals surface area contributed by atoms with Crippen LogP contribution in [0.25, 0.3) is 11.8 Å². The van der Waals surface area contributed by atoms with E-state index in [-0.39, 0.29) is 0 Å². The maximum absolute atomic E-state index is 5.59. The molecule has 0 fully saturated rings. The highest BCUT2D eigenvalue weighted by molar-refractivity contribution is 5.64. The van der Waals surface area contributed by atoms with E-state index in [1.54, 1.807) is 0 Å². The predicted octanol–water partition coefficient (Wildman–Crippen LogP) is 3.04. The fourth-order valence-electron chi connectivity index (χ4n) is 1.10. The minimum atomic E-state index is 0.617. The number of hydrogen-bond donors (Lipinski definition) is 1. The Hall–Kier alpha value is -1.50. The lowest BCUT2D eigenvalue weighted by Crippen LogP contribution is -1.93. The molecule has 1 rings (SSSR count). The van der Waals surface area contributed by atoms with Gasteiger partial charge in [0.1, 0.15) is 0 Å². The van der Waals surface area contributed by atoms with Gasteiger partial charge in [-0.1, -0.05) is 43.9 Å². The molecular weight excluding hydrogens is 158 g/mol. The molecule has 0 heterocycles. The van der Waals surface area contributed by atoms with E-state index in [0.29, 0.717) is 5.70 Å². The summed E-state index contributed by atoms with van der Waals surface area (Å²) in [7, 11) is 0. The predicted molar refractivity (Wildman–Crippen MR) is 59.0 cm³/mol. The van der Waals surface area contributed by atoms with E-state index < -0.39 is 0 Å². The summed E-state index contributed by atoms with van der Waals surface area (Å²) in [5, 5.41) is 0. The van der Waals surface area contributed by atoms with Crippen molar-refractivity contribution in [3.8, 4) is 0 Å². The van der Waals surface area contributed by atoms with Crippen LogP contribution in [-0.2, 0) is 0 Å². The van der Waals surface area contributed by atoms with Gasteiger partial charge in [0, 0.05) is 5.70 Å². The summed E-state index contributed by atoms with van der Waals surface area (Å²) in [6, 6.07) is 8.04.